The predicted molar refractivity (Wildman–Crippen MR) is 188 cm³/mol. The van der Waals surface area contributed by atoms with E-state index in [1.807, 2.05) is 12.1 Å². The third kappa shape index (κ3) is 8.97. The van der Waals surface area contributed by atoms with Crippen molar-refractivity contribution < 1.29 is 57.0 Å². The molecule has 1 aliphatic heterocycles. The monoisotopic (exact) mass is 791 g/mol. The Morgan fingerprint density at radius 1 is 0.925 bits per heavy atom. The van der Waals surface area contributed by atoms with Crippen LogP contribution in [0.2, 0.25) is 5.02 Å². The number of aromatic nitrogens is 5. The van der Waals surface area contributed by atoms with Gasteiger partial charge in [-0.05, 0) is 36.4 Å². The minimum Gasteiger partial charge on any atom is -0.495 e. The molecule has 1 fully saturated rings. The number of piperazine rings is 1. The zero-order valence-corrected chi connectivity index (χ0v) is 30.3. The summed E-state index contributed by atoms with van der Waals surface area (Å²) in [6.45, 7) is 1.07. The molecule has 5 aromatic rings. The Morgan fingerprint density at radius 3 is 2.42 bits per heavy atom. The highest BCUT2D eigenvalue weighted by molar-refractivity contribution is 7.60. The third-order valence-corrected chi connectivity index (χ3v) is 9.82. The number of carbonyl (C=O) groups excluding carboxylic acids is 2. The number of benzene rings is 2. The molecule has 19 nitrogen and oxygen atoms in total. The smallest absolute Gasteiger partial charge is 0.495 e. The van der Waals surface area contributed by atoms with Crippen molar-refractivity contribution in [3.8, 4) is 23.0 Å². The Hall–Kier alpha value is -5.00. The summed E-state index contributed by atoms with van der Waals surface area (Å²) in [7, 11) is -8.38. The number of rotatable bonds is 12. The second-order valence-corrected chi connectivity index (χ2v) is 14.7. The summed E-state index contributed by atoms with van der Waals surface area (Å²) >= 11 is 6.17. The van der Waals surface area contributed by atoms with E-state index in [1.54, 1.807) is 36.4 Å². The van der Waals surface area contributed by atoms with Crippen molar-refractivity contribution in [2.75, 3.05) is 38.2 Å². The molecule has 0 saturated carbocycles. The molecule has 0 unspecified atom stereocenters. The largest absolute Gasteiger partial charge is 0.524 e. The zero-order valence-electron chi connectivity index (χ0n) is 27.8. The molecule has 0 aliphatic carbocycles. The van der Waals surface area contributed by atoms with Crippen LogP contribution in [0.5, 0.6) is 11.5 Å². The average Bonchev–Trinajstić information content (AvgIpc) is 3.73. The summed E-state index contributed by atoms with van der Waals surface area (Å²) in [6, 6.07) is 11.9. The quantitative estimate of drug-likeness (QED) is 0.105. The molecule has 6 rings (SSSR count). The van der Waals surface area contributed by atoms with E-state index in [-0.39, 0.29) is 18.0 Å². The van der Waals surface area contributed by atoms with Crippen LogP contribution in [0.15, 0.2) is 67.1 Å². The number of carbonyl (C=O) groups is 2. The van der Waals surface area contributed by atoms with Crippen LogP contribution in [0.25, 0.3) is 22.6 Å². The molecular weight excluding hydrogens is 760 g/mol. The molecule has 22 heteroatoms. The van der Waals surface area contributed by atoms with Crippen molar-refractivity contribution in [2.24, 2.45) is 0 Å². The van der Waals surface area contributed by atoms with E-state index in [1.165, 1.54) is 21.6 Å². The van der Waals surface area contributed by atoms with Gasteiger partial charge in [-0.1, -0.05) is 17.7 Å². The minimum absolute atomic E-state index is 0.0886. The Kier molecular flexibility index (Phi) is 11.1. The Labute approximate surface area is 305 Å². The number of fused-ring (bicyclic) bond motifs is 1. The molecule has 0 bridgehead atoms. The number of hydrogen-bond acceptors (Lipinski definition) is 12. The lowest BCUT2D eigenvalue weighted by molar-refractivity contribution is -0.132. The molecule has 280 valence electrons. The Balaban J connectivity index is 1.10. The van der Waals surface area contributed by atoms with Crippen LogP contribution in [-0.4, -0.2) is 94.1 Å². The van der Waals surface area contributed by atoms with E-state index < -0.39 is 46.0 Å². The van der Waals surface area contributed by atoms with Crippen molar-refractivity contribution in [1.29, 1.82) is 0 Å². The van der Waals surface area contributed by atoms with Crippen LogP contribution in [0.3, 0.4) is 0 Å². The van der Waals surface area contributed by atoms with Gasteiger partial charge < -0.3 is 38.3 Å². The van der Waals surface area contributed by atoms with Gasteiger partial charge in [0.05, 0.1) is 22.8 Å². The number of pyridine rings is 1. The summed E-state index contributed by atoms with van der Waals surface area (Å²) in [5.74, 6) is 0.112. The van der Waals surface area contributed by atoms with Gasteiger partial charge >= 0.3 is 21.6 Å². The van der Waals surface area contributed by atoms with Crippen molar-refractivity contribution in [1.82, 2.24) is 29.2 Å². The maximum absolute atomic E-state index is 13.5. The van der Waals surface area contributed by atoms with E-state index in [4.69, 9.17) is 25.8 Å². The molecular formula is C31H32ClN7O12P2. The van der Waals surface area contributed by atoms with Crippen LogP contribution in [0, 0.1) is 0 Å². The van der Waals surface area contributed by atoms with Gasteiger partial charge in [0.25, 0.3) is 0 Å². The van der Waals surface area contributed by atoms with Crippen LogP contribution >= 0.6 is 27.0 Å². The summed E-state index contributed by atoms with van der Waals surface area (Å²) in [4.78, 5) is 76.0. The van der Waals surface area contributed by atoms with E-state index in [0.717, 1.165) is 23.9 Å². The van der Waals surface area contributed by atoms with Crippen LogP contribution < -0.4 is 19.5 Å². The number of hydrogen-bond donors (Lipinski definition) is 4. The van der Waals surface area contributed by atoms with Gasteiger partial charge in [0.15, 0.2) is 18.2 Å². The summed E-state index contributed by atoms with van der Waals surface area (Å²) in [5, 5.41) is 5.20. The van der Waals surface area contributed by atoms with Crippen LogP contribution in [0.4, 0.5) is 10.5 Å². The van der Waals surface area contributed by atoms with Gasteiger partial charge in [0.1, 0.15) is 30.3 Å². The first-order valence-corrected chi connectivity index (χ1v) is 19.2. The summed E-state index contributed by atoms with van der Waals surface area (Å²) in [5.41, 5.74) is 1.65. The van der Waals surface area contributed by atoms with Gasteiger partial charge in [-0.3, -0.25) is 23.7 Å². The fraction of sp³-hybridized carbons (Fsp3) is 0.258. The second-order valence-electron chi connectivity index (χ2n) is 11.5. The summed E-state index contributed by atoms with van der Waals surface area (Å²) < 4.78 is 46.2. The minimum atomic E-state index is -5.14. The highest BCUT2D eigenvalue weighted by atomic mass is 35.5. The van der Waals surface area contributed by atoms with E-state index >= 15 is 0 Å². The van der Waals surface area contributed by atoms with Crippen LogP contribution in [0.1, 0.15) is 5.56 Å². The molecule has 4 heterocycles. The number of methoxy groups -OCH3 is 1. The van der Waals surface area contributed by atoms with Gasteiger partial charge in [-0.25, -0.2) is 24.0 Å². The number of imidazole rings is 1. The first-order valence-electron chi connectivity index (χ1n) is 15.6. The van der Waals surface area contributed by atoms with Gasteiger partial charge in [0, 0.05) is 62.1 Å². The zero-order chi connectivity index (χ0) is 37.9. The fourth-order valence-corrected chi connectivity index (χ4v) is 6.74. The van der Waals surface area contributed by atoms with Gasteiger partial charge in [-0.15, -0.1) is 0 Å². The molecule has 1 aliphatic rings. The molecule has 53 heavy (non-hydrogen) atoms. The number of halogens is 1. The highest BCUT2D eigenvalue weighted by Gasteiger charge is 2.26. The lowest BCUT2D eigenvalue weighted by Crippen LogP contribution is -2.49. The van der Waals surface area contributed by atoms with Crippen LogP contribution in [-0.2, 0) is 43.3 Å². The van der Waals surface area contributed by atoms with Crippen molar-refractivity contribution in [3.63, 3.8) is 0 Å². The summed E-state index contributed by atoms with van der Waals surface area (Å²) in [6.07, 6.45) is 3.37. The molecule has 3 aromatic heterocycles. The normalized spacial score (nSPS) is 13.6. The third-order valence-electron chi connectivity index (χ3n) is 8.12. The number of amides is 1. The fourth-order valence-electron chi connectivity index (χ4n) is 5.56. The van der Waals surface area contributed by atoms with E-state index in [2.05, 4.69) is 24.5 Å². The SMILES string of the molecule is COc1cc(N2CCN(C(=O)Cn3nc(-c4nccn4COC(=O)OCc4ccc(P(=O)(O)O)cc4OP(=O)(O)O)c4cccnc43)CC2)ccc1Cl. The maximum atomic E-state index is 13.5. The van der Waals surface area contributed by atoms with Crippen molar-refractivity contribution in [3.05, 3.63) is 77.7 Å². The predicted octanol–water partition coefficient (Wildman–Crippen LogP) is 2.89. The van der Waals surface area contributed by atoms with Gasteiger partial charge in [0.2, 0.25) is 5.91 Å². The Bertz CT molecular complexity index is 2250. The molecule has 0 atom stereocenters. The number of ether oxygens (including phenoxy) is 3. The molecule has 1 amide bonds. The topological polar surface area (TPSA) is 241 Å². The van der Waals surface area contributed by atoms with Crippen molar-refractivity contribution >= 4 is 61.1 Å². The number of phosphoric ester groups is 1. The number of nitrogens with zero attached hydrogens (tertiary/aromatic N) is 7. The second kappa shape index (κ2) is 15.5. The molecule has 0 spiro atoms. The maximum Gasteiger partial charge on any atom is 0.524 e. The van der Waals surface area contributed by atoms with E-state index in [0.29, 0.717) is 59.5 Å². The first kappa shape index (κ1) is 37.7. The van der Waals surface area contributed by atoms with E-state index in [9.17, 15) is 38.3 Å². The lowest BCUT2D eigenvalue weighted by Gasteiger charge is -2.36. The number of anilines is 1. The highest BCUT2D eigenvalue weighted by Crippen LogP contribution is 2.42. The molecule has 0 radical (unpaired) electrons. The first-order chi connectivity index (χ1) is 25.2. The average molecular weight is 792 g/mol. The number of phosphoric acid groups is 1. The molecule has 4 N–H and O–H groups in total. The molecule has 1 saturated heterocycles. The Morgan fingerprint density at radius 2 is 1.70 bits per heavy atom. The standard InChI is InChI=1S/C31H32ClN7O12P2/c1-48-26-15-21(5-7-24(26)32)36-11-13-37(14-12-36)27(40)17-39-29-23(3-2-8-33-29)28(35-39)30-34-9-10-38(30)19-50-31(41)49-18-20-4-6-22(52(42,43)44)16-25(20)51-53(45,46)47/h2-10,15-16H,11-14,17-19H2,1H3,(H2,42,43,44)(H2,45,46,47). The van der Waals surface area contributed by atoms with Crippen molar-refractivity contribution in [2.45, 2.75) is 19.9 Å². The lowest BCUT2D eigenvalue weighted by atomic mass is 10.2. The van der Waals surface area contributed by atoms with Gasteiger partial charge in [-0.2, -0.15) is 5.10 Å². The molecule has 2 aromatic carbocycles.